The van der Waals surface area contributed by atoms with Gasteiger partial charge in [0.05, 0.1) is 12.0 Å². The quantitative estimate of drug-likeness (QED) is 0.835. The van der Waals surface area contributed by atoms with Gasteiger partial charge in [0.25, 0.3) is 0 Å². The van der Waals surface area contributed by atoms with E-state index in [1.165, 1.54) is 6.07 Å². The monoisotopic (exact) mass is 280 g/mol. The topological polar surface area (TPSA) is 89.3 Å². The first-order valence-corrected chi connectivity index (χ1v) is 6.42. The van der Waals surface area contributed by atoms with Crippen molar-refractivity contribution in [3.05, 3.63) is 64.7 Å². The molecule has 0 fully saturated rings. The lowest BCUT2D eigenvalue weighted by Crippen LogP contribution is -2.16. The van der Waals surface area contributed by atoms with Crippen molar-refractivity contribution in [2.75, 3.05) is 5.32 Å². The zero-order valence-corrected chi connectivity index (χ0v) is 11.1. The summed E-state index contributed by atoms with van der Waals surface area (Å²) in [5.41, 5.74) is 7.65. The van der Waals surface area contributed by atoms with Crippen molar-refractivity contribution in [3.63, 3.8) is 0 Å². The first-order chi connectivity index (χ1) is 10.1. The van der Waals surface area contributed by atoms with Gasteiger partial charge in [0.1, 0.15) is 0 Å². The summed E-state index contributed by atoms with van der Waals surface area (Å²) in [6.45, 7) is 0. The normalized spacial score (nSPS) is 12.7. The van der Waals surface area contributed by atoms with Gasteiger partial charge in [-0.25, -0.2) is 0 Å². The molecule has 2 aromatic rings. The SMILES string of the molecule is NC(=O)c1ccccc1C(=O)c1ccc2c(c1)NC(=O)C2. The maximum atomic E-state index is 12.5. The molecule has 3 N–H and O–H groups in total. The number of hydrogen-bond acceptors (Lipinski definition) is 3. The summed E-state index contributed by atoms with van der Waals surface area (Å²) >= 11 is 0. The third kappa shape index (κ3) is 2.29. The number of carbonyl (C=O) groups is 3. The van der Waals surface area contributed by atoms with Crippen molar-refractivity contribution in [2.24, 2.45) is 5.73 Å². The van der Waals surface area contributed by atoms with Gasteiger partial charge in [-0.1, -0.05) is 30.3 Å². The van der Waals surface area contributed by atoms with E-state index in [-0.39, 0.29) is 22.8 Å². The minimum absolute atomic E-state index is 0.0906. The van der Waals surface area contributed by atoms with Crippen molar-refractivity contribution in [3.8, 4) is 0 Å². The van der Waals surface area contributed by atoms with E-state index < -0.39 is 5.91 Å². The van der Waals surface area contributed by atoms with Gasteiger partial charge in [0, 0.05) is 16.8 Å². The maximum Gasteiger partial charge on any atom is 0.249 e. The molecule has 1 aliphatic heterocycles. The molecule has 5 nitrogen and oxygen atoms in total. The van der Waals surface area contributed by atoms with Gasteiger partial charge < -0.3 is 11.1 Å². The molecule has 0 saturated heterocycles. The highest BCUT2D eigenvalue weighted by atomic mass is 16.2. The Bertz CT molecular complexity index is 781. The van der Waals surface area contributed by atoms with Crippen LogP contribution in [0.15, 0.2) is 42.5 Å². The first kappa shape index (κ1) is 13.1. The molecule has 0 aliphatic carbocycles. The molecule has 5 heteroatoms. The molecule has 2 aromatic carbocycles. The molecule has 2 amide bonds. The van der Waals surface area contributed by atoms with E-state index in [9.17, 15) is 14.4 Å². The Morgan fingerprint density at radius 3 is 2.48 bits per heavy atom. The lowest BCUT2D eigenvalue weighted by molar-refractivity contribution is -0.115. The molecule has 1 aliphatic rings. The standard InChI is InChI=1S/C16H12N2O3/c17-16(21)12-4-2-1-3-11(12)15(20)10-6-5-9-8-14(19)18-13(9)7-10/h1-7H,8H2,(H2,17,21)(H,18,19). The number of carbonyl (C=O) groups excluding carboxylic acids is 3. The van der Waals surface area contributed by atoms with Gasteiger partial charge in [-0.05, 0) is 17.7 Å². The van der Waals surface area contributed by atoms with Crippen LogP contribution in [0.5, 0.6) is 0 Å². The van der Waals surface area contributed by atoms with E-state index in [4.69, 9.17) is 5.73 Å². The van der Waals surface area contributed by atoms with E-state index in [0.717, 1.165) is 5.56 Å². The van der Waals surface area contributed by atoms with Crippen molar-refractivity contribution >= 4 is 23.3 Å². The smallest absolute Gasteiger partial charge is 0.249 e. The molecule has 104 valence electrons. The Balaban J connectivity index is 2.02. The fraction of sp³-hybridized carbons (Fsp3) is 0.0625. The average molecular weight is 280 g/mol. The van der Waals surface area contributed by atoms with Crippen LogP contribution in [0.3, 0.4) is 0 Å². The molecule has 3 rings (SSSR count). The van der Waals surface area contributed by atoms with Crippen LogP contribution in [0, 0.1) is 0 Å². The van der Waals surface area contributed by atoms with Gasteiger partial charge in [-0.2, -0.15) is 0 Å². The highest BCUT2D eigenvalue weighted by Gasteiger charge is 2.21. The summed E-state index contributed by atoms with van der Waals surface area (Å²) < 4.78 is 0. The largest absolute Gasteiger partial charge is 0.366 e. The first-order valence-electron chi connectivity index (χ1n) is 6.42. The highest BCUT2D eigenvalue weighted by Crippen LogP contribution is 2.25. The maximum absolute atomic E-state index is 12.5. The molecule has 1 heterocycles. The van der Waals surface area contributed by atoms with Gasteiger partial charge in [0.2, 0.25) is 11.8 Å². The second kappa shape index (κ2) is 4.86. The van der Waals surface area contributed by atoms with Crippen LogP contribution in [0.4, 0.5) is 5.69 Å². The minimum atomic E-state index is -0.645. The highest BCUT2D eigenvalue weighted by molar-refractivity contribution is 6.15. The summed E-state index contributed by atoms with van der Waals surface area (Å²) in [7, 11) is 0. The summed E-state index contributed by atoms with van der Waals surface area (Å²) in [6, 6.07) is 11.4. The molecule has 0 radical (unpaired) electrons. The molecule has 0 bridgehead atoms. The van der Waals surface area contributed by atoms with E-state index in [1.807, 2.05) is 0 Å². The molecular formula is C16H12N2O3. The van der Waals surface area contributed by atoms with E-state index in [1.54, 1.807) is 36.4 Å². The van der Waals surface area contributed by atoms with Crippen molar-refractivity contribution in [1.29, 1.82) is 0 Å². The Morgan fingerprint density at radius 1 is 1.05 bits per heavy atom. The average Bonchev–Trinajstić information content (AvgIpc) is 2.85. The number of amides is 2. The number of hydrogen-bond donors (Lipinski definition) is 2. The van der Waals surface area contributed by atoms with E-state index in [2.05, 4.69) is 5.32 Å². The summed E-state index contributed by atoms with van der Waals surface area (Å²) in [6.07, 6.45) is 0.321. The van der Waals surface area contributed by atoms with Crippen LogP contribution in [0.2, 0.25) is 0 Å². The second-order valence-corrected chi connectivity index (χ2v) is 4.84. The number of rotatable bonds is 3. The van der Waals surface area contributed by atoms with Crippen molar-refractivity contribution in [1.82, 2.24) is 0 Å². The van der Waals surface area contributed by atoms with Gasteiger partial charge in [-0.3, -0.25) is 14.4 Å². The molecular weight excluding hydrogens is 268 g/mol. The Morgan fingerprint density at radius 2 is 1.76 bits per heavy atom. The van der Waals surface area contributed by atoms with Crippen molar-refractivity contribution in [2.45, 2.75) is 6.42 Å². The number of nitrogens with two attached hydrogens (primary N) is 1. The number of nitrogens with one attached hydrogen (secondary N) is 1. The number of primary amides is 1. The molecule has 0 saturated carbocycles. The van der Waals surface area contributed by atoms with Crippen LogP contribution in [0.25, 0.3) is 0 Å². The van der Waals surface area contributed by atoms with Crippen LogP contribution in [-0.2, 0) is 11.2 Å². The zero-order valence-electron chi connectivity index (χ0n) is 11.1. The fourth-order valence-electron chi connectivity index (χ4n) is 2.41. The lowest BCUT2D eigenvalue weighted by atomic mass is 9.97. The van der Waals surface area contributed by atoms with Gasteiger partial charge in [-0.15, -0.1) is 0 Å². The molecule has 0 aromatic heterocycles. The predicted molar refractivity (Wildman–Crippen MR) is 77.2 cm³/mol. The van der Waals surface area contributed by atoms with Crippen LogP contribution in [0.1, 0.15) is 31.8 Å². The minimum Gasteiger partial charge on any atom is -0.366 e. The fourth-order valence-corrected chi connectivity index (χ4v) is 2.41. The number of anilines is 1. The van der Waals surface area contributed by atoms with Gasteiger partial charge >= 0.3 is 0 Å². The predicted octanol–water partition coefficient (Wildman–Crippen LogP) is 1.51. The Kier molecular flexibility index (Phi) is 3.02. The van der Waals surface area contributed by atoms with Crippen LogP contribution < -0.4 is 11.1 Å². The van der Waals surface area contributed by atoms with Crippen LogP contribution in [-0.4, -0.2) is 17.6 Å². The summed E-state index contributed by atoms with van der Waals surface area (Å²) in [5, 5.41) is 2.70. The van der Waals surface area contributed by atoms with Gasteiger partial charge in [0.15, 0.2) is 5.78 Å². The second-order valence-electron chi connectivity index (χ2n) is 4.84. The summed E-state index contributed by atoms with van der Waals surface area (Å²) in [4.78, 5) is 35.3. The molecule has 0 spiro atoms. The Hall–Kier alpha value is -2.95. The Labute approximate surface area is 120 Å². The molecule has 21 heavy (non-hydrogen) atoms. The van der Waals surface area contributed by atoms with E-state index in [0.29, 0.717) is 17.7 Å². The molecule has 0 atom stereocenters. The summed E-state index contributed by atoms with van der Waals surface area (Å²) in [5.74, 6) is -1.03. The van der Waals surface area contributed by atoms with Crippen LogP contribution >= 0.6 is 0 Å². The van der Waals surface area contributed by atoms with Crippen molar-refractivity contribution < 1.29 is 14.4 Å². The third-order valence-corrected chi connectivity index (χ3v) is 3.43. The number of fused-ring (bicyclic) bond motifs is 1. The number of ketones is 1. The molecule has 0 unspecified atom stereocenters. The van der Waals surface area contributed by atoms with E-state index >= 15 is 0 Å². The third-order valence-electron chi connectivity index (χ3n) is 3.43. The number of benzene rings is 2. The zero-order chi connectivity index (χ0) is 15.0. The lowest BCUT2D eigenvalue weighted by Gasteiger charge is -2.07.